The lowest BCUT2D eigenvalue weighted by Gasteiger charge is -2.34. The van der Waals surface area contributed by atoms with Crippen molar-refractivity contribution >= 4 is 17.9 Å². The number of carboxylic acid groups (broad SMARTS) is 1. The van der Waals surface area contributed by atoms with E-state index in [-0.39, 0.29) is 37.3 Å². The van der Waals surface area contributed by atoms with E-state index in [0.717, 1.165) is 12.2 Å². The molecule has 0 saturated heterocycles. The first kappa shape index (κ1) is 17.8. The largest absolute Gasteiger partial charge is 0.544 e. The lowest BCUT2D eigenvalue weighted by atomic mass is 10.3. The predicted octanol–water partition coefficient (Wildman–Crippen LogP) is -1.36. The zero-order valence-corrected chi connectivity index (χ0v) is 11.5. The molecule has 0 spiro atoms. The number of carbonyl (C=O) groups is 3. The van der Waals surface area contributed by atoms with E-state index in [2.05, 4.69) is 13.2 Å². The molecule has 0 atom stereocenters. The topological polar surface area (TPSA) is 92.7 Å². The van der Waals surface area contributed by atoms with E-state index in [1.54, 1.807) is 7.05 Å². The Hall–Kier alpha value is -2.15. The van der Waals surface area contributed by atoms with Crippen LogP contribution in [0.2, 0.25) is 0 Å². The number of quaternary nitrogens is 1. The Morgan fingerprint density at radius 1 is 1.05 bits per heavy atom. The number of rotatable bonds is 10. The Kier molecular flexibility index (Phi) is 7.91. The molecule has 0 aromatic rings. The van der Waals surface area contributed by atoms with Gasteiger partial charge in [0.15, 0.2) is 0 Å². The van der Waals surface area contributed by atoms with Gasteiger partial charge in [-0.15, -0.1) is 0 Å². The molecule has 112 valence electrons. The smallest absolute Gasteiger partial charge is 0.330 e. The maximum Gasteiger partial charge on any atom is 0.330 e. The molecule has 0 aromatic carbocycles. The van der Waals surface area contributed by atoms with E-state index in [0.29, 0.717) is 0 Å². The molecule has 0 heterocycles. The van der Waals surface area contributed by atoms with Crippen LogP contribution in [-0.4, -0.2) is 62.3 Å². The Balaban J connectivity index is 4.37. The van der Waals surface area contributed by atoms with Crippen molar-refractivity contribution in [1.29, 1.82) is 0 Å². The highest BCUT2D eigenvalue weighted by Gasteiger charge is 2.22. The highest BCUT2D eigenvalue weighted by atomic mass is 16.5. The molecule has 0 aliphatic carbocycles. The molecule has 20 heavy (non-hydrogen) atoms. The first-order chi connectivity index (χ1) is 9.33. The second-order valence-corrected chi connectivity index (χ2v) is 4.34. The predicted molar refractivity (Wildman–Crippen MR) is 68.1 cm³/mol. The molecule has 0 rings (SSSR count). The molecule has 7 heteroatoms. The fourth-order valence-corrected chi connectivity index (χ4v) is 1.43. The van der Waals surface area contributed by atoms with Gasteiger partial charge in [-0.1, -0.05) is 13.2 Å². The van der Waals surface area contributed by atoms with Gasteiger partial charge in [0, 0.05) is 12.2 Å². The van der Waals surface area contributed by atoms with E-state index in [4.69, 9.17) is 9.47 Å². The third-order valence-electron chi connectivity index (χ3n) is 2.60. The van der Waals surface area contributed by atoms with E-state index in [1.807, 2.05) is 0 Å². The van der Waals surface area contributed by atoms with Gasteiger partial charge in [0.05, 0.1) is 13.0 Å². The van der Waals surface area contributed by atoms with Crippen LogP contribution in [0, 0.1) is 0 Å². The Morgan fingerprint density at radius 3 is 1.75 bits per heavy atom. The summed E-state index contributed by atoms with van der Waals surface area (Å²) in [7, 11) is 1.64. The highest BCUT2D eigenvalue weighted by molar-refractivity contribution is 5.81. The van der Waals surface area contributed by atoms with Crippen molar-refractivity contribution in [3.8, 4) is 0 Å². The molecular formula is C13H19NO6. The maximum absolute atomic E-state index is 10.9. The van der Waals surface area contributed by atoms with Crippen LogP contribution in [0.15, 0.2) is 25.3 Å². The minimum Gasteiger partial charge on any atom is -0.544 e. The summed E-state index contributed by atoms with van der Waals surface area (Å²) in [5.41, 5.74) is 0. The minimum atomic E-state index is -1.24. The van der Waals surface area contributed by atoms with Gasteiger partial charge in [-0.05, 0) is 0 Å². The van der Waals surface area contributed by atoms with Crippen LogP contribution >= 0.6 is 0 Å². The van der Waals surface area contributed by atoms with Crippen LogP contribution in [0.5, 0.6) is 0 Å². The summed E-state index contributed by atoms with van der Waals surface area (Å²) in [5, 5.41) is 10.7. The molecule has 0 fully saturated rings. The maximum atomic E-state index is 10.9. The van der Waals surface area contributed by atoms with Gasteiger partial charge in [-0.25, -0.2) is 9.59 Å². The fraction of sp³-hybridized carbons (Fsp3) is 0.462. The number of carbonyl (C=O) groups excluding carboxylic acids is 3. The number of hydrogen-bond acceptors (Lipinski definition) is 6. The standard InChI is InChI=1S/C13H19NO6/c1-4-12(17)19-8-6-14(3,10-11(15)16)7-9-20-13(18)5-2/h4-5H,1-2,6-10H2,3H3. The van der Waals surface area contributed by atoms with Crippen molar-refractivity contribution in [2.75, 3.05) is 39.9 Å². The van der Waals surface area contributed by atoms with Crippen LogP contribution in [0.1, 0.15) is 0 Å². The van der Waals surface area contributed by atoms with Crippen molar-refractivity contribution in [3.63, 3.8) is 0 Å². The number of likely N-dealkylation sites (N-methyl/N-ethyl adjacent to an activating group) is 1. The summed E-state index contributed by atoms with van der Waals surface area (Å²) in [6.45, 7) is 6.79. The second-order valence-electron chi connectivity index (χ2n) is 4.34. The van der Waals surface area contributed by atoms with Crippen molar-refractivity contribution in [1.82, 2.24) is 0 Å². The van der Waals surface area contributed by atoms with Crippen molar-refractivity contribution < 1.29 is 33.4 Å². The van der Waals surface area contributed by atoms with Gasteiger partial charge < -0.3 is 23.9 Å². The highest BCUT2D eigenvalue weighted by Crippen LogP contribution is 2.02. The lowest BCUT2D eigenvalue weighted by Crippen LogP contribution is -2.54. The summed E-state index contributed by atoms with van der Waals surface area (Å²) in [6.07, 6.45) is 2.05. The fourth-order valence-electron chi connectivity index (χ4n) is 1.43. The molecule has 0 saturated carbocycles. The average Bonchev–Trinajstić information content (AvgIpc) is 2.37. The molecule has 0 N–H and O–H groups in total. The van der Waals surface area contributed by atoms with Crippen LogP contribution < -0.4 is 5.11 Å². The quantitative estimate of drug-likeness (QED) is 0.280. The van der Waals surface area contributed by atoms with Gasteiger partial charge in [-0.3, -0.25) is 0 Å². The van der Waals surface area contributed by atoms with Crippen molar-refractivity contribution in [2.24, 2.45) is 0 Å². The van der Waals surface area contributed by atoms with Crippen LogP contribution in [0.3, 0.4) is 0 Å². The number of nitrogens with zero attached hydrogens (tertiary/aromatic N) is 1. The zero-order valence-electron chi connectivity index (χ0n) is 11.5. The molecule has 7 nitrogen and oxygen atoms in total. The van der Waals surface area contributed by atoms with Crippen LogP contribution in [0.25, 0.3) is 0 Å². The van der Waals surface area contributed by atoms with Gasteiger partial charge in [0.2, 0.25) is 0 Å². The summed E-state index contributed by atoms with van der Waals surface area (Å²) >= 11 is 0. The zero-order chi connectivity index (χ0) is 15.6. The van der Waals surface area contributed by atoms with E-state index >= 15 is 0 Å². The van der Waals surface area contributed by atoms with Crippen LogP contribution in [0.4, 0.5) is 0 Å². The van der Waals surface area contributed by atoms with Gasteiger partial charge in [0.25, 0.3) is 0 Å². The summed E-state index contributed by atoms with van der Waals surface area (Å²) in [6, 6.07) is 0. The third kappa shape index (κ3) is 8.04. The number of carboxylic acids is 1. The second kappa shape index (κ2) is 8.87. The van der Waals surface area contributed by atoms with E-state index in [9.17, 15) is 19.5 Å². The summed E-state index contributed by atoms with van der Waals surface area (Å²) in [5.74, 6) is -2.40. The van der Waals surface area contributed by atoms with E-state index in [1.165, 1.54) is 0 Å². The van der Waals surface area contributed by atoms with Crippen molar-refractivity contribution in [3.05, 3.63) is 25.3 Å². The first-order valence-electron chi connectivity index (χ1n) is 5.95. The van der Waals surface area contributed by atoms with Crippen LogP contribution in [-0.2, 0) is 23.9 Å². The third-order valence-corrected chi connectivity index (χ3v) is 2.60. The normalized spacial score (nSPS) is 10.4. The number of hydrogen-bond donors (Lipinski definition) is 0. The molecule has 0 aliphatic rings. The van der Waals surface area contributed by atoms with Gasteiger partial charge >= 0.3 is 11.9 Å². The minimum absolute atomic E-state index is 0.0111. The first-order valence-corrected chi connectivity index (χ1v) is 5.95. The number of ether oxygens (including phenoxy) is 2. The van der Waals surface area contributed by atoms with Gasteiger partial charge in [0.1, 0.15) is 32.8 Å². The molecule has 0 bridgehead atoms. The van der Waals surface area contributed by atoms with E-state index < -0.39 is 17.9 Å². The summed E-state index contributed by atoms with van der Waals surface area (Å²) < 4.78 is 9.63. The molecule has 0 amide bonds. The molecule has 0 unspecified atom stereocenters. The lowest BCUT2D eigenvalue weighted by molar-refractivity contribution is -0.904. The van der Waals surface area contributed by atoms with Gasteiger partial charge in [-0.2, -0.15) is 0 Å². The Morgan fingerprint density at radius 2 is 1.45 bits per heavy atom. The molecular weight excluding hydrogens is 266 g/mol. The average molecular weight is 285 g/mol. The monoisotopic (exact) mass is 285 g/mol. The Labute approximate surface area is 117 Å². The molecule has 0 aromatic heterocycles. The van der Waals surface area contributed by atoms with Crippen molar-refractivity contribution in [2.45, 2.75) is 0 Å². The number of esters is 2. The molecule has 0 radical (unpaired) electrons. The Bertz CT molecular complexity index is 364. The summed E-state index contributed by atoms with van der Waals surface area (Å²) in [4.78, 5) is 32.6. The molecule has 0 aliphatic heterocycles. The SMILES string of the molecule is C=CC(=O)OCC[N+](C)(CCOC(=O)C=C)CC(=O)[O-]. The number of aliphatic carboxylic acids is 1.